The van der Waals surface area contributed by atoms with Gasteiger partial charge in [-0.1, -0.05) is 67.8 Å². The topological polar surface area (TPSA) is 74.2 Å². The average Bonchev–Trinajstić information content (AvgIpc) is 3.80. The second-order valence-corrected chi connectivity index (χ2v) is 14.4. The molecule has 51 heavy (non-hydrogen) atoms. The lowest BCUT2D eigenvalue weighted by Crippen LogP contribution is -2.48. The van der Waals surface area contributed by atoms with E-state index in [1.165, 1.54) is 37.8 Å². The molecule has 3 aliphatic rings. The lowest BCUT2D eigenvalue weighted by molar-refractivity contribution is -0.120. The summed E-state index contributed by atoms with van der Waals surface area (Å²) in [6.07, 6.45) is 8.92. The molecule has 1 saturated carbocycles. The maximum atomic E-state index is 14.4. The largest absolute Gasteiger partial charge is 0.493 e. The number of thiol groups is 1. The van der Waals surface area contributed by atoms with Crippen molar-refractivity contribution in [2.75, 3.05) is 26.2 Å². The van der Waals surface area contributed by atoms with Gasteiger partial charge in [0.05, 0.1) is 18.2 Å². The second-order valence-electron chi connectivity index (χ2n) is 13.9. The van der Waals surface area contributed by atoms with Crippen molar-refractivity contribution in [1.29, 1.82) is 0 Å². The van der Waals surface area contributed by atoms with Crippen molar-refractivity contribution in [2.24, 2.45) is 10.9 Å². The molecule has 2 unspecified atom stereocenters. The highest BCUT2D eigenvalue weighted by Gasteiger charge is 2.45. The summed E-state index contributed by atoms with van der Waals surface area (Å²) in [7, 11) is 0. The number of hydrogen-bond donors (Lipinski definition) is 2. The first-order valence-corrected chi connectivity index (χ1v) is 18.9. The maximum absolute atomic E-state index is 14.4. The van der Waals surface area contributed by atoms with Gasteiger partial charge in [0.15, 0.2) is 0 Å². The van der Waals surface area contributed by atoms with Gasteiger partial charge in [0.2, 0.25) is 5.91 Å². The Labute approximate surface area is 307 Å². The number of nitrogens with zero attached hydrogens (tertiary/aromatic N) is 3. The molecule has 10 heteroatoms. The van der Waals surface area contributed by atoms with Crippen LogP contribution in [0.2, 0.25) is 0 Å². The monoisotopic (exact) mass is 718 g/mol. The Morgan fingerprint density at radius 2 is 1.57 bits per heavy atom. The van der Waals surface area contributed by atoms with Crippen LogP contribution < -0.4 is 10.1 Å². The Morgan fingerprint density at radius 1 is 0.922 bits per heavy atom. The van der Waals surface area contributed by atoms with Gasteiger partial charge >= 0.3 is 6.03 Å². The Balaban J connectivity index is 0.000000392. The fraction of sp³-hybridized carbons (Fsp3) is 0.488. The molecule has 1 aliphatic carbocycles. The number of amides is 3. The summed E-state index contributed by atoms with van der Waals surface area (Å²) in [5.41, 5.74) is 3.37. The number of ether oxygens (including phenoxy) is 1. The van der Waals surface area contributed by atoms with Crippen LogP contribution in [0.4, 0.5) is 13.6 Å². The van der Waals surface area contributed by atoms with E-state index < -0.39 is 18.0 Å². The summed E-state index contributed by atoms with van der Waals surface area (Å²) >= 11 is 4.46. The van der Waals surface area contributed by atoms with E-state index in [9.17, 15) is 18.4 Å². The molecular weight excluding hydrogens is 667 g/mol. The molecule has 0 bridgehead atoms. The van der Waals surface area contributed by atoms with E-state index in [1.807, 2.05) is 74.2 Å². The van der Waals surface area contributed by atoms with Gasteiger partial charge in [-0.25, -0.2) is 13.6 Å². The molecule has 274 valence electrons. The number of carbonyl (C=O) groups excluding carboxylic acids is 2. The van der Waals surface area contributed by atoms with Crippen molar-refractivity contribution in [3.05, 3.63) is 94.5 Å². The van der Waals surface area contributed by atoms with Crippen molar-refractivity contribution in [1.82, 2.24) is 15.1 Å². The van der Waals surface area contributed by atoms with Crippen LogP contribution in [0.15, 0.2) is 76.6 Å². The summed E-state index contributed by atoms with van der Waals surface area (Å²) in [5, 5.41) is 2.94. The number of likely N-dealkylation sites (tertiary alicyclic amines) is 1. The molecule has 2 heterocycles. The van der Waals surface area contributed by atoms with Gasteiger partial charge in [0, 0.05) is 43.4 Å². The quantitative estimate of drug-likeness (QED) is 0.217. The van der Waals surface area contributed by atoms with Gasteiger partial charge < -0.3 is 15.0 Å². The van der Waals surface area contributed by atoms with Crippen LogP contribution in [0.5, 0.6) is 5.75 Å². The smallest absolute Gasteiger partial charge is 0.326 e. The molecule has 0 aromatic heterocycles. The predicted octanol–water partition coefficient (Wildman–Crippen LogP) is 9.65. The van der Waals surface area contributed by atoms with Gasteiger partial charge in [-0.3, -0.25) is 14.7 Å². The van der Waals surface area contributed by atoms with Crippen molar-refractivity contribution in [3.63, 3.8) is 0 Å². The molecule has 0 spiro atoms. The van der Waals surface area contributed by atoms with E-state index in [-0.39, 0.29) is 29.9 Å². The summed E-state index contributed by atoms with van der Waals surface area (Å²) in [5.74, 6) is -1.36. The van der Waals surface area contributed by atoms with Gasteiger partial charge in [0.25, 0.3) is 5.92 Å². The van der Waals surface area contributed by atoms with Crippen LogP contribution in [0.1, 0.15) is 112 Å². The lowest BCUT2D eigenvalue weighted by atomic mass is 9.93. The van der Waals surface area contributed by atoms with Gasteiger partial charge in [-0.2, -0.15) is 0 Å². The van der Waals surface area contributed by atoms with Crippen LogP contribution >= 0.6 is 12.6 Å². The number of halogens is 2. The van der Waals surface area contributed by atoms with Crippen LogP contribution in [-0.4, -0.2) is 53.8 Å². The number of urea groups is 1. The van der Waals surface area contributed by atoms with Crippen molar-refractivity contribution in [3.8, 4) is 5.75 Å². The Morgan fingerprint density at radius 3 is 2.18 bits per heavy atom. The number of hydrogen-bond acceptors (Lipinski definition) is 5. The summed E-state index contributed by atoms with van der Waals surface area (Å²) in [4.78, 5) is 34.9. The minimum atomic E-state index is -3.03. The highest BCUT2D eigenvalue weighted by Crippen LogP contribution is 2.46. The molecular formula is C41H52F2N4O3S. The van der Waals surface area contributed by atoms with Crippen LogP contribution in [0.25, 0.3) is 0 Å². The normalized spacial score (nSPS) is 19.3. The highest BCUT2D eigenvalue weighted by atomic mass is 32.1. The third kappa shape index (κ3) is 9.70. The molecule has 1 N–H and O–H groups in total. The van der Waals surface area contributed by atoms with Crippen LogP contribution in [0.3, 0.4) is 0 Å². The van der Waals surface area contributed by atoms with Crippen molar-refractivity contribution in [2.45, 2.75) is 102 Å². The first-order valence-electron chi connectivity index (χ1n) is 18.4. The van der Waals surface area contributed by atoms with Gasteiger partial charge in [-0.05, 0) is 87.3 Å². The minimum Gasteiger partial charge on any atom is -0.493 e. The number of piperidine rings is 1. The lowest BCUT2D eigenvalue weighted by Gasteiger charge is -2.36. The van der Waals surface area contributed by atoms with E-state index in [2.05, 4.69) is 17.9 Å². The molecule has 2 atom stereocenters. The molecule has 3 amide bonds. The van der Waals surface area contributed by atoms with Gasteiger partial charge in [0.1, 0.15) is 17.6 Å². The van der Waals surface area contributed by atoms with Crippen molar-refractivity contribution >= 4 is 30.4 Å². The second kappa shape index (κ2) is 17.5. The third-order valence-electron chi connectivity index (χ3n) is 9.97. The van der Waals surface area contributed by atoms with Gasteiger partial charge in [-0.15, -0.1) is 12.6 Å². The zero-order valence-electron chi connectivity index (χ0n) is 30.3. The standard InChI is InChI=1S/C32H35F2N3O2S.C9H17NO/c1-4-39-27-20-24(32(3,33)34)14-17-26(27)30-35-28(22-12-15-25(40)16-13-22)29(23-10-8-21(2)9-11-23)37(30)31(38)36-18-6-5-7-19-36;1-2-9(11)10-7-8-5-3-4-6-8/h8-17,20,28-29,40H,4-7,18-19H2,1-3H3;8H,2-7H2,1H3,(H,10,11). The molecule has 6 rings (SSSR count). The van der Waals surface area contributed by atoms with Crippen LogP contribution in [-0.2, 0) is 10.7 Å². The van der Waals surface area contributed by atoms with E-state index in [0.717, 1.165) is 60.2 Å². The first-order chi connectivity index (χ1) is 24.5. The minimum absolute atomic E-state index is 0.135. The number of nitrogens with one attached hydrogen (secondary N) is 1. The zero-order chi connectivity index (χ0) is 36.5. The van der Waals surface area contributed by atoms with Crippen molar-refractivity contribution < 1.29 is 23.1 Å². The van der Waals surface area contributed by atoms with Crippen LogP contribution in [0, 0.1) is 12.8 Å². The number of aryl methyl sites for hydroxylation is 1. The Bertz CT molecular complexity index is 1650. The van der Waals surface area contributed by atoms with E-state index in [4.69, 9.17) is 9.73 Å². The zero-order valence-corrected chi connectivity index (χ0v) is 31.2. The SMILES string of the molecule is CCC(=O)NCC1CCCC1.CCOc1cc(C(C)(F)F)ccc1C1=NC(c2ccc(S)cc2)C(c2ccc(C)cc2)N1C(=O)N1CCCCC1. The van der Waals surface area contributed by atoms with E-state index >= 15 is 0 Å². The fourth-order valence-electron chi connectivity index (χ4n) is 7.06. The van der Waals surface area contributed by atoms with E-state index in [0.29, 0.717) is 30.9 Å². The summed E-state index contributed by atoms with van der Waals surface area (Å²) in [6, 6.07) is 19.3. The molecule has 7 nitrogen and oxygen atoms in total. The summed E-state index contributed by atoms with van der Waals surface area (Å²) in [6.45, 7) is 9.13. The Hall–Kier alpha value is -3.92. The molecule has 3 aromatic rings. The molecule has 1 saturated heterocycles. The number of amidine groups is 1. The van der Waals surface area contributed by atoms with E-state index in [1.54, 1.807) is 11.0 Å². The Kier molecular flexibility index (Phi) is 13.2. The summed E-state index contributed by atoms with van der Waals surface area (Å²) < 4.78 is 34.5. The number of carbonyl (C=O) groups is 2. The maximum Gasteiger partial charge on any atom is 0.326 e. The predicted molar refractivity (Wildman–Crippen MR) is 202 cm³/mol. The first kappa shape index (κ1) is 38.3. The number of benzene rings is 3. The molecule has 0 radical (unpaired) electrons. The number of alkyl halides is 2. The molecule has 2 fully saturated rings. The fourth-order valence-corrected chi connectivity index (χ4v) is 7.21. The number of aliphatic imine (C=N–C) groups is 1. The highest BCUT2D eigenvalue weighted by molar-refractivity contribution is 7.80. The third-order valence-corrected chi connectivity index (χ3v) is 10.3. The number of rotatable bonds is 9. The molecule has 3 aromatic carbocycles. The molecule has 2 aliphatic heterocycles. The average molecular weight is 719 g/mol.